The topological polar surface area (TPSA) is 87.7 Å². The van der Waals surface area contributed by atoms with Gasteiger partial charge in [-0.15, -0.1) is 0 Å². The van der Waals surface area contributed by atoms with Crippen molar-refractivity contribution >= 4 is 23.6 Å². The number of carbonyl (C=O) groups excluding carboxylic acids is 1. The van der Waals surface area contributed by atoms with Gasteiger partial charge in [0.2, 0.25) is 0 Å². The molecule has 0 aliphatic rings. The molecule has 7 heteroatoms. The fraction of sp³-hybridized carbons (Fsp3) is 0.429. The van der Waals surface area contributed by atoms with Crippen LogP contribution >= 0.6 is 11.6 Å². The van der Waals surface area contributed by atoms with Crippen LogP contribution in [0.3, 0.4) is 0 Å². The minimum absolute atomic E-state index is 0.225. The van der Waals surface area contributed by atoms with Crippen molar-refractivity contribution in [1.82, 2.24) is 10.6 Å². The summed E-state index contributed by atoms with van der Waals surface area (Å²) in [6.45, 7) is 2.11. The van der Waals surface area contributed by atoms with Crippen molar-refractivity contribution in [1.29, 1.82) is 0 Å². The molecule has 1 unspecified atom stereocenters. The molecule has 0 aliphatic carbocycles. The molecule has 1 rings (SSSR count). The van der Waals surface area contributed by atoms with Crippen LogP contribution in [-0.2, 0) is 11.3 Å². The summed E-state index contributed by atoms with van der Waals surface area (Å²) in [7, 11) is 1.53. The van der Waals surface area contributed by atoms with Gasteiger partial charge in [0.05, 0.1) is 13.0 Å². The van der Waals surface area contributed by atoms with E-state index in [0.717, 1.165) is 0 Å². The third-order valence-corrected chi connectivity index (χ3v) is 3.36. The first-order valence-electron chi connectivity index (χ1n) is 6.51. The van der Waals surface area contributed by atoms with Crippen LogP contribution in [0.5, 0.6) is 5.75 Å². The predicted molar refractivity (Wildman–Crippen MR) is 79.7 cm³/mol. The number of methoxy groups -OCH3 is 1. The van der Waals surface area contributed by atoms with Gasteiger partial charge in [0, 0.05) is 23.7 Å². The molecule has 2 amide bonds. The standard InChI is InChI=1S/C14H19ClN2O4/c1-9(13(18)19)6-7-16-14(20)17-8-10-11(15)4-3-5-12(10)21-2/h3-5,9H,6-8H2,1-2H3,(H,18,19)(H2,16,17,20). The van der Waals surface area contributed by atoms with Gasteiger partial charge in [-0.25, -0.2) is 4.79 Å². The number of urea groups is 1. The molecule has 0 saturated heterocycles. The summed E-state index contributed by atoms with van der Waals surface area (Å²) in [6, 6.07) is 4.86. The van der Waals surface area contributed by atoms with Gasteiger partial charge in [-0.05, 0) is 18.6 Å². The molecular formula is C14H19ClN2O4. The third-order valence-electron chi connectivity index (χ3n) is 3.01. The van der Waals surface area contributed by atoms with E-state index in [9.17, 15) is 9.59 Å². The van der Waals surface area contributed by atoms with Crippen molar-refractivity contribution in [3.05, 3.63) is 28.8 Å². The van der Waals surface area contributed by atoms with Gasteiger partial charge in [-0.3, -0.25) is 4.79 Å². The second-order valence-corrected chi connectivity index (χ2v) is 4.97. The van der Waals surface area contributed by atoms with Gasteiger partial charge in [0.1, 0.15) is 5.75 Å². The Morgan fingerprint density at radius 3 is 2.71 bits per heavy atom. The molecule has 116 valence electrons. The Balaban J connectivity index is 2.42. The van der Waals surface area contributed by atoms with Crippen LogP contribution in [0.1, 0.15) is 18.9 Å². The van der Waals surface area contributed by atoms with E-state index in [0.29, 0.717) is 29.3 Å². The van der Waals surface area contributed by atoms with Crippen molar-refractivity contribution in [3.63, 3.8) is 0 Å². The molecule has 0 aromatic heterocycles. The van der Waals surface area contributed by atoms with Gasteiger partial charge in [-0.2, -0.15) is 0 Å². The Bertz CT molecular complexity index is 508. The first kappa shape index (κ1) is 17.1. The first-order chi connectivity index (χ1) is 9.95. The molecule has 1 aromatic carbocycles. The summed E-state index contributed by atoms with van der Waals surface area (Å²) in [4.78, 5) is 22.3. The number of carbonyl (C=O) groups is 2. The molecule has 1 atom stereocenters. The van der Waals surface area contributed by atoms with Crippen LogP contribution in [0.15, 0.2) is 18.2 Å². The van der Waals surface area contributed by atoms with E-state index in [1.165, 1.54) is 7.11 Å². The molecule has 0 bridgehead atoms. The quantitative estimate of drug-likeness (QED) is 0.720. The number of hydrogen-bond acceptors (Lipinski definition) is 3. The highest BCUT2D eigenvalue weighted by Crippen LogP contribution is 2.25. The lowest BCUT2D eigenvalue weighted by molar-refractivity contribution is -0.141. The van der Waals surface area contributed by atoms with Crippen LogP contribution in [0.25, 0.3) is 0 Å². The first-order valence-corrected chi connectivity index (χ1v) is 6.89. The zero-order valence-electron chi connectivity index (χ0n) is 12.0. The fourth-order valence-electron chi connectivity index (χ4n) is 1.66. The lowest BCUT2D eigenvalue weighted by Crippen LogP contribution is -2.36. The number of rotatable bonds is 7. The number of halogens is 1. The van der Waals surface area contributed by atoms with E-state index in [1.807, 2.05) is 0 Å². The van der Waals surface area contributed by atoms with Crippen LogP contribution in [0.4, 0.5) is 4.79 Å². The summed E-state index contributed by atoms with van der Waals surface area (Å²) in [6.07, 6.45) is 0.373. The van der Waals surface area contributed by atoms with Crippen LogP contribution in [0, 0.1) is 5.92 Å². The van der Waals surface area contributed by atoms with Gasteiger partial charge < -0.3 is 20.5 Å². The molecule has 0 saturated carbocycles. The van der Waals surface area contributed by atoms with Crippen molar-refractivity contribution in [2.75, 3.05) is 13.7 Å². The summed E-state index contributed by atoms with van der Waals surface area (Å²) >= 11 is 6.06. The summed E-state index contributed by atoms with van der Waals surface area (Å²) < 4.78 is 5.18. The van der Waals surface area contributed by atoms with Gasteiger partial charge >= 0.3 is 12.0 Å². The number of aliphatic carboxylic acids is 1. The van der Waals surface area contributed by atoms with E-state index in [2.05, 4.69) is 10.6 Å². The van der Waals surface area contributed by atoms with E-state index in [1.54, 1.807) is 25.1 Å². The number of hydrogen-bond donors (Lipinski definition) is 3. The maximum atomic E-state index is 11.6. The summed E-state index contributed by atoms with van der Waals surface area (Å²) in [5.74, 6) is -0.769. The second-order valence-electron chi connectivity index (χ2n) is 4.56. The SMILES string of the molecule is COc1cccc(Cl)c1CNC(=O)NCCC(C)C(=O)O. The molecule has 0 heterocycles. The van der Waals surface area contributed by atoms with Crippen LogP contribution in [0.2, 0.25) is 5.02 Å². The number of benzene rings is 1. The molecule has 0 aliphatic heterocycles. The average molecular weight is 315 g/mol. The number of ether oxygens (including phenoxy) is 1. The molecule has 1 aromatic rings. The van der Waals surface area contributed by atoms with Gasteiger partial charge in [0.25, 0.3) is 0 Å². The minimum Gasteiger partial charge on any atom is -0.496 e. The summed E-state index contributed by atoms with van der Waals surface area (Å²) in [5.41, 5.74) is 0.690. The Hall–Kier alpha value is -1.95. The maximum absolute atomic E-state index is 11.6. The highest BCUT2D eigenvalue weighted by Gasteiger charge is 2.12. The van der Waals surface area contributed by atoms with Crippen LogP contribution in [-0.4, -0.2) is 30.8 Å². The summed E-state index contributed by atoms with van der Waals surface area (Å²) in [5, 5.41) is 14.5. The Morgan fingerprint density at radius 1 is 1.38 bits per heavy atom. The lowest BCUT2D eigenvalue weighted by Gasteiger charge is -2.12. The van der Waals surface area contributed by atoms with E-state index >= 15 is 0 Å². The number of carboxylic acids is 1. The zero-order chi connectivity index (χ0) is 15.8. The second kappa shape index (κ2) is 8.36. The average Bonchev–Trinajstić information content (AvgIpc) is 2.45. The third kappa shape index (κ3) is 5.51. The molecule has 21 heavy (non-hydrogen) atoms. The fourth-order valence-corrected chi connectivity index (χ4v) is 1.89. The zero-order valence-corrected chi connectivity index (χ0v) is 12.7. The predicted octanol–water partition coefficient (Wildman–Crippen LogP) is 2.26. The highest BCUT2D eigenvalue weighted by atomic mass is 35.5. The highest BCUT2D eigenvalue weighted by molar-refractivity contribution is 6.31. The van der Waals surface area contributed by atoms with E-state index in [4.69, 9.17) is 21.4 Å². The molecular weight excluding hydrogens is 296 g/mol. The van der Waals surface area contributed by atoms with Crippen LogP contribution < -0.4 is 15.4 Å². The van der Waals surface area contributed by atoms with Crippen molar-refractivity contribution in [2.45, 2.75) is 19.9 Å². The van der Waals surface area contributed by atoms with Gasteiger partial charge in [-0.1, -0.05) is 24.6 Å². The molecule has 6 nitrogen and oxygen atoms in total. The number of nitrogens with one attached hydrogen (secondary N) is 2. The lowest BCUT2D eigenvalue weighted by atomic mass is 10.1. The van der Waals surface area contributed by atoms with Crippen molar-refractivity contribution < 1.29 is 19.4 Å². The van der Waals surface area contributed by atoms with Crippen molar-refractivity contribution in [2.24, 2.45) is 5.92 Å². The number of amides is 2. The largest absolute Gasteiger partial charge is 0.496 e. The Kier molecular flexibility index (Phi) is 6.81. The number of carboxylic acid groups (broad SMARTS) is 1. The smallest absolute Gasteiger partial charge is 0.315 e. The van der Waals surface area contributed by atoms with Gasteiger partial charge in [0.15, 0.2) is 0 Å². The maximum Gasteiger partial charge on any atom is 0.315 e. The Labute approximate surface area is 128 Å². The minimum atomic E-state index is -0.877. The monoisotopic (exact) mass is 314 g/mol. The Morgan fingerprint density at radius 2 is 2.10 bits per heavy atom. The van der Waals surface area contributed by atoms with Crippen molar-refractivity contribution in [3.8, 4) is 5.75 Å². The van der Waals surface area contributed by atoms with E-state index < -0.39 is 11.9 Å². The molecule has 0 radical (unpaired) electrons. The normalized spacial score (nSPS) is 11.6. The molecule has 0 fully saturated rings. The van der Waals surface area contributed by atoms with E-state index in [-0.39, 0.29) is 12.6 Å². The molecule has 3 N–H and O–H groups in total. The molecule has 0 spiro atoms.